The molecule has 0 aliphatic carbocycles. The SMILES string of the molecule is C=C/C=C(/OCC)[C@@H](N[S@](=O)c1ccc(C)cc1)c1ccc(C)cc1. The van der Waals surface area contributed by atoms with E-state index in [1.807, 2.05) is 75.4 Å². The van der Waals surface area contributed by atoms with E-state index in [4.69, 9.17) is 4.74 Å². The van der Waals surface area contributed by atoms with E-state index in [1.165, 1.54) is 5.56 Å². The highest BCUT2D eigenvalue weighted by molar-refractivity contribution is 7.83. The van der Waals surface area contributed by atoms with Crippen LogP contribution in [0.2, 0.25) is 0 Å². The summed E-state index contributed by atoms with van der Waals surface area (Å²) in [6.07, 6.45) is 3.50. The Morgan fingerprint density at radius 2 is 1.68 bits per heavy atom. The number of allylic oxidation sites excluding steroid dienone is 2. The van der Waals surface area contributed by atoms with Gasteiger partial charge in [-0.25, -0.2) is 8.93 Å². The summed E-state index contributed by atoms with van der Waals surface area (Å²) in [6.45, 7) is 10.3. The molecular weight excluding hydrogens is 330 g/mol. The minimum atomic E-state index is -1.36. The maximum atomic E-state index is 12.8. The molecule has 0 saturated heterocycles. The monoisotopic (exact) mass is 355 g/mol. The summed E-state index contributed by atoms with van der Waals surface area (Å²) in [5, 5.41) is 0. The van der Waals surface area contributed by atoms with Crippen LogP contribution in [0.4, 0.5) is 0 Å². The van der Waals surface area contributed by atoms with Gasteiger partial charge in [0.2, 0.25) is 0 Å². The normalized spacial score (nSPS) is 14.0. The first-order valence-corrected chi connectivity index (χ1v) is 9.46. The molecule has 0 aliphatic heterocycles. The predicted octanol–water partition coefficient (Wildman–Crippen LogP) is 4.76. The van der Waals surface area contributed by atoms with Crippen molar-refractivity contribution >= 4 is 11.0 Å². The van der Waals surface area contributed by atoms with Crippen LogP contribution in [0, 0.1) is 13.8 Å². The van der Waals surface area contributed by atoms with Gasteiger partial charge in [-0.05, 0) is 44.5 Å². The van der Waals surface area contributed by atoms with Gasteiger partial charge in [-0.1, -0.05) is 60.2 Å². The van der Waals surface area contributed by atoms with Crippen LogP contribution < -0.4 is 4.72 Å². The zero-order chi connectivity index (χ0) is 18.2. The van der Waals surface area contributed by atoms with Gasteiger partial charge in [-0.3, -0.25) is 0 Å². The van der Waals surface area contributed by atoms with Crippen LogP contribution in [0.1, 0.15) is 29.7 Å². The van der Waals surface area contributed by atoms with Gasteiger partial charge in [-0.15, -0.1) is 0 Å². The van der Waals surface area contributed by atoms with Gasteiger partial charge in [-0.2, -0.15) is 0 Å². The summed E-state index contributed by atoms with van der Waals surface area (Å²) in [6, 6.07) is 15.5. The summed E-state index contributed by atoms with van der Waals surface area (Å²) >= 11 is 0. The Morgan fingerprint density at radius 1 is 1.12 bits per heavy atom. The Balaban J connectivity index is 2.34. The molecule has 25 heavy (non-hydrogen) atoms. The molecule has 3 nitrogen and oxygen atoms in total. The van der Waals surface area contributed by atoms with Crippen LogP contribution in [0.3, 0.4) is 0 Å². The lowest BCUT2D eigenvalue weighted by Gasteiger charge is -2.22. The number of nitrogens with one attached hydrogen (secondary N) is 1. The second kappa shape index (κ2) is 9.35. The van der Waals surface area contributed by atoms with Gasteiger partial charge in [0.25, 0.3) is 0 Å². The zero-order valence-electron chi connectivity index (χ0n) is 15.0. The largest absolute Gasteiger partial charge is 0.496 e. The van der Waals surface area contributed by atoms with Crippen LogP contribution in [0.15, 0.2) is 77.9 Å². The van der Waals surface area contributed by atoms with E-state index in [0.717, 1.165) is 16.0 Å². The summed E-state index contributed by atoms with van der Waals surface area (Å²) in [5.41, 5.74) is 3.30. The van der Waals surface area contributed by atoms with Crippen molar-refractivity contribution in [1.29, 1.82) is 0 Å². The first kappa shape index (κ1) is 19.2. The number of ether oxygens (including phenoxy) is 1. The van der Waals surface area contributed by atoms with E-state index >= 15 is 0 Å². The fraction of sp³-hybridized carbons (Fsp3) is 0.238. The van der Waals surface area contributed by atoms with E-state index in [9.17, 15) is 4.21 Å². The molecule has 0 saturated carbocycles. The quantitative estimate of drug-likeness (QED) is 0.547. The standard InChI is InChI=1S/C21H25NO2S/c1-5-7-20(24-6-2)21(18-12-8-16(3)9-13-18)22-25(23)19-14-10-17(4)11-15-19/h5,7-15,21-22H,1,6H2,2-4H3/b20-7+/t21-,25+/m0/s1. The molecule has 0 amide bonds. The Labute approximate surface area is 153 Å². The lowest BCUT2D eigenvalue weighted by Crippen LogP contribution is -2.26. The molecule has 1 N–H and O–H groups in total. The van der Waals surface area contributed by atoms with Crippen LogP contribution in [0.25, 0.3) is 0 Å². The molecule has 0 aromatic heterocycles. The average molecular weight is 356 g/mol. The molecular formula is C21H25NO2S. The average Bonchev–Trinajstić information content (AvgIpc) is 2.61. The van der Waals surface area contributed by atoms with Crippen LogP contribution in [-0.2, 0) is 15.7 Å². The van der Waals surface area contributed by atoms with E-state index in [2.05, 4.69) is 11.3 Å². The fourth-order valence-electron chi connectivity index (χ4n) is 2.40. The van der Waals surface area contributed by atoms with Crippen molar-refractivity contribution in [2.24, 2.45) is 0 Å². The Morgan fingerprint density at radius 3 is 2.20 bits per heavy atom. The molecule has 2 rings (SSSR count). The second-order valence-electron chi connectivity index (χ2n) is 5.78. The number of benzene rings is 2. The molecule has 2 aromatic rings. The van der Waals surface area contributed by atoms with Gasteiger partial charge in [0, 0.05) is 0 Å². The van der Waals surface area contributed by atoms with E-state index in [0.29, 0.717) is 12.4 Å². The number of aryl methyl sites for hydroxylation is 2. The molecule has 0 spiro atoms. The summed E-state index contributed by atoms with van der Waals surface area (Å²) < 4.78 is 21.8. The third kappa shape index (κ3) is 5.41. The van der Waals surface area contributed by atoms with Gasteiger partial charge < -0.3 is 4.74 Å². The fourth-order valence-corrected chi connectivity index (χ4v) is 3.38. The molecule has 4 heteroatoms. The molecule has 2 aromatic carbocycles. The highest BCUT2D eigenvalue weighted by atomic mass is 32.2. The van der Waals surface area contributed by atoms with Crippen molar-refractivity contribution < 1.29 is 8.95 Å². The van der Waals surface area contributed by atoms with Gasteiger partial charge in [0.15, 0.2) is 0 Å². The first-order chi connectivity index (χ1) is 12.0. The van der Waals surface area contributed by atoms with E-state index in [-0.39, 0.29) is 6.04 Å². The van der Waals surface area contributed by atoms with Crippen LogP contribution in [-0.4, -0.2) is 10.8 Å². The summed E-state index contributed by atoms with van der Waals surface area (Å²) in [7, 11) is -1.36. The Kier molecular flexibility index (Phi) is 7.16. The predicted molar refractivity (Wildman–Crippen MR) is 105 cm³/mol. The van der Waals surface area contributed by atoms with Crippen molar-refractivity contribution in [3.05, 3.63) is 89.7 Å². The Bertz CT molecular complexity index is 748. The number of hydrogen-bond donors (Lipinski definition) is 1. The first-order valence-electron chi connectivity index (χ1n) is 8.31. The molecule has 0 fully saturated rings. The molecule has 132 valence electrons. The van der Waals surface area contributed by atoms with Gasteiger partial charge >= 0.3 is 0 Å². The van der Waals surface area contributed by atoms with Gasteiger partial charge in [0.05, 0.1) is 11.5 Å². The van der Waals surface area contributed by atoms with Crippen molar-refractivity contribution in [3.63, 3.8) is 0 Å². The number of rotatable bonds is 8. The third-order valence-corrected chi connectivity index (χ3v) is 4.90. The highest BCUT2D eigenvalue weighted by Crippen LogP contribution is 2.25. The topological polar surface area (TPSA) is 38.3 Å². The number of hydrogen-bond acceptors (Lipinski definition) is 2. The molecule has 0 aliphatic rings. The van der Waals surface area contributed by atoms with Crippen molar-refractivity contribution in [2.75, 3.05) is 6.61 Å². The third-order valence-electron chi connectivity index (χ3n) is 3.75. The minimum absolute atomic E-state index is 0.319. The summed E-state index contributed by atoms with van der Waals surface area (Å²) in [5.74, 6) is 0.696. The second-order valence-corrected chi connectivity index (χ2v) is 7.03. The molecule has 2 atom stereocenters. The van der Waals surface area contributed by atoms with E-state index < -0.39 is 11.0 Å². The maximum absolute atomic E-state index is 12.8. The maximum Gasteiger partial charge on any atom is 0.125 e. The Hall–Kier alpha value is -2.17. The lowest BCUT2D eigenvalue weighted by atomic mass is 10.0. The molecule has 0 radical (unpaired) electrons. The molecule has 0 bridgehead atoms. The van der Waals surface area contributed by atoms with Crippen molar-refractivity contribution in [2.45, 2.75) is 31.7 Å². The van der Waals surface area contributed by atoms with E-state index in [1.54, 1.807) is 6.08 Å². The smallest absolute Gasteiger partial charge is 0.125 e. The minimum Gasteiger partial charge on any atom is -0.496 e. The van der Waals surface area contributed by atoms with Gasteiger partial charge in [0.1, 0.15) is 22.8 Å². The summed E-state index contributed by atoms with van der Waals surface area (Å²) in [4.78, 5) is 0.733. The molecule has 0 unspecified atom stereocenters. The lowest BCUT2D eigenvalue weighted by molar-refractivity contribution is 0.206. The highest BCUT2D eigenvalue weighted by Gasteiger charge is 2.20. The van der Waals surface area contributed by atoms with Crippen LogP contribution >= 0.6 is 0 Å². The zero-order valence-corrected chi connectivity index (χ0v) is 15.8. The van der Waals surface area contributed by atoms with Crippen molar-refractivity contribution in [3.8, 4) is 0 Å². The van der Waals surface area contributed by atoms with Crippen LogP contribution in [0.5, 0.6) is 0 Å². The molecule has 0 heterocycles. The van der Waals surface area contributed by atoms with Crippen molar-refractivity contribution in [1.82, 2.24) is 4.72 Å².